The Hall–Kier alpha value is -1.89. The highest BCUT2D eigenvalue weighted by Gasteiger charge is 2.18. The van der Waals surface area contributed by atoms with Gasteiger partial charge in [-0.25, -0.2) is 17.9 Å². The third-order valence-corrected chi connectivity index (χ3v) is 5.10. The molecule has 0 aliphatic rings. The summed E-state index contributed by atoms with van der Waals surface area (Å²) in [6, 6.07) is 11.4. The maximum Gasteiger partial charge on any atom is 0.340 e. The summed E-state index contributed by atoms with van der Waals surface area (Å²) in [4.78, 5) is 12.1. The van der Waals surface area contributed by atoms with Crippen molar-refractivity contribution in [1.82, 2.24) is 4.72 Å². The van der Waals surface area contributed by atoms with E-state index in [-0.39, 0.29) is 22.1 Å². The van der Waals surface area contributed by atoms with Gasteiger partial charge in [0.05, 0.1) is 15.5 Å². The number of ether oxygens (including phenoxy) is 1. The van der Waals surface area contributed by atoms with Gasteiger partial charge in [-0.05, 0) is 43.3 Å². The first-order valence-corrected chi connectivity index (χ1v) is 8.66. The second-order valence-electron chi connectivity index (χ2n) is 4.85. The molecule has 0 atom stereocenters. The average Bonchev–Trinajstić information content (AvgIpc) is 2.54. The van der Waals surface area contributed by atoms with Crippen molar-refractivity contribution in [2.75, 3.05) is 7.05 Å². The van der Waals surface area contributed by atoms with E-state index >= 15 is 0 Å². The summed E-state index contributed by atoms with van der Waals surface area (Å²) in [6.07, 6.45) is 0. The lowest BCUT2D eigenvalue weighted by Crippen LogP contribution is -2.19. The van der Waals surface area contributed by atoms with E-state index in [2.05, 4.69) is 4.72 Å². The molecule has 23 heavy (non-hydrogen) atoms. The van der Waals surface area contributed by atoms with Crippen molar-refractivity contribution in [3.8, 4) is 0 Å². The van der Waals surface area contributed by atoms with Crippen molar-refractivity contribution >= 4 is 27.6 Å². The summed E-state index contributed by atoms with van der Waals surface area (Å²) >= 11 is 5.98. The van der Waals surface area contributed by atoms with Gasteiger partial charge in [0.1, 0.15) is 6.61 Å². The molecular formula is C16H16ClNO4S. The van der Waals surface area contributed by atoms with E-state index in [4.69, 9.17) is 16.3 Å². The zero-order valence-corrected chi connectivity index (χ0v) is 14.2. The molecule has 0 aliphatic carbocycles. The van der Waals surface area contributed by atoms with E-state index in [1.54, 1.807) is 0 Å². The third-order valence-electron chi connectivity index (χ3n) is 3.36. The van der Waals surface area contributed by atoms with Crippen LogP contribution in [0.15, 0.2) is 47.4 Å². The molecule has 1 N–H and O–H groups in total. The van der Waals surface area contributed by atoms with Crippen LogP contribution in [0.4, 0.5) is 0 Å². The second kappa shape index (κ2) is 7.12. The molecule has 2 aromatic carbocycles. The molecule has 0 saturated heterocycles. The number of aryl methyl sites for hydroxylation is 1. The van der Waals surface area contributed by atoms with Crippen LogP contribution in [0.5, 0.6) is 0 Å². The highest BCUT2D eigenvalue weighted by Crippen LogP contribution is 2.22. The highest BCUT2D eigenvalue weighted by atomic mass is 35.5. The van der Waals surface area contributed by atoms with Gasteiger partial charge in [0.15, 0.2) is 0 Å². The summed E-state index contributed by atoms with van der Waals surface area (Å²) in [5, 5.41) is 0.134. The van der Waals surface area contributed by atoms with Crippen molar-refractivity contribution in [3.05, 3.63) is 64.2 Å². The van der Waals surface area contributed by atoms with Gasteiger partial charge in [-0.1, -0.05) is 35.9 Å². The van der Waals surface area contributed by atoms with Crippen LogP contribution in [0.25, 0.3) is 0 Å². The number of carbonyl (C=O) groups is 1. The van der Waals surface area contributed by atoms with E-state index in [0.29, 0.717) is 0 Å². The van der Waals surface area contributed by atoms with E-state index < -0.39 is 16.0 Å². The van der Waals surface area contributed by atoms with E-state index in [1.807, 2.05) is 31.2 Å². The SMILES string of the molecule is CNS(=O)(=O)c1ccc(Cl)c(C(=O)OCc2ccccc2C)c1. The van der Waals surface area contributed by atoms with Crippen LogP contribution in [-0.2, 0) is 21.4 Å². The van der Waals surface area contributed by atoms with Crippen molar-refractivity contribution in [2.45, 2.75) is 18.4 Å². The Morgan fingerprint density at radius 3 is 2.57 bits per heavy atom. The highest BCUT2D eigenvalue weighted by molar-refractivity contribution is 7.89. The Morgan fingerprint density at radius 1 is 1.22 bits per heavy atom. The molecule has 0 amide bonds. The molecule has 7 heteroatoms. The minimum Gasteiger partial charge on any atom is -0.457 e. The summed E-state index contributed by atoms with van der Waals surface area (Å²) < 4.78 is 31.0. The molecular weight excluding hydrogens is 338 g/mol. The van der Waals surface area contributed by atoms with E-state index in [1.165, 1.54) is 25.2 Å². The number of rotatable bonds is 5. The molecule has 5 nitrogen and oxygen atoms in total. The number of benzene rings is 2. The largest absolute Gasteiger partial charge is 0.457 e. The van der Waals surface area contributed by atoms with Gasteiger partial charge in [-0.15, -0.1) is 0 Å². The smallest absolute Gasteiger partial charge is 0.340 e. The molecule has 0 aromatic heterocycles. The van der Waals surface area contributed by atoms with Crippen LogP contribution in [0.1, 0.15) is 21.5 Å². The molecule has 0 bridgehead atoms. The molecule has 0 spiro atoms. The number of hydrogen-bond acceptors (Lipinski definition) is 4. The van der Waals surface area contributed by atoms with E-state index in [0.717, 1.165) is 11.1 Å². The molecule has 0 saturated carbocycles. The van der Waals surface area contributed by atoms with Crippen LogP contribution < -0.4 is 4.72 Å². The first-order valence-electron chi connectivity index (χ1n) is 6.80. The number of sulfonamides is 1. The molecule has 0 aliphatic heterocycles. The topological polar surface area (TPSA) is 72.5 Å². The third kappa shape index (κ3) is 4.10. The fourth-order valence-corrected chi connectivity index (χ4v) is 2.89. The zero-order valence-electron chi connectivity index (χ0n) is 12.7. The van der Waals surface area contributed by atoms with Crippen molar-refractivity contribution in [1.29, 1.82) is 0 Å². The van der Waals surface area contributed by atoms with Crippen molar-refractivity contribution < 1.29 is 17.9 Å². The molecule has 122 valence electrons. The zero-order chi connectivity index (χ0) is 17.0. The number of carbonyl (C=O) groups excluding carboxylic acids is 1. The van der Waals surface area contributed by atoms with Gasteiger partial charge in [-0.2, -0.15) is 0 Å². The van der Waals surface area contributed by atoms with Crippen molar-refractivity contribution in [2.24, 2.45) is 0 Å². The summed E-state index contributed by atoms with van der Waals surface area (Å²) in [7, 11) is -2.37. The minimum absolute atomic E-state index is 0.0107. The van der Waals surface area contributed by atoms with Crippen LogP contribution in [0, 0.1) is 6.92 Å². The number of hydrogen-bond donors (Lipinski definition) is 1. The predicted octanol–water partition coefficient (Wildman–Crippen LogP) is 2.91. The van der Waals surface area contributed by atoms with Crippen LogP contribution >= 0.6 is 11.6 Å². The quantitative estimate of drug-likeness (QED) is 0.839. The fraction of sp³-hybridized carbons (Fsp3) is 0.188. The number of esters is 1. The average molecular weight is 354 g/mol. The molecule has 2 aromatic rings. The van der Waals surface area contributed by atoms with E-state index in [9.17, 15) is 13.2 Å². The molecule has 2 rings (SSSR count). The number of nitrogens with one attached hydrogen (secondary N) is 1. The van der Waals surface area contributed by atoms with Gasteiger partial charge in [-0.3, -0.25) is 0 Å². The Kier molecular flexibility index (Phi) is 5.41. The Bertz CT molecular complexity index is 834. The summed E-state index contributed by atoms with van der Waals surface area (Å²) in [5.74, 6) is -0.675. The lowest BCUT2D eigenvalue weighted by molar-refractivity contribution is 0.0472. The lowest BCUT2D eigenvalue weighted by atomic mass is 10.1. The minimum atomic E-state index is -3.66. The predicted molar refractivity (Wildman–Crippen MR) is 88.0 cm³/mol. The maximum atomic E-state index is 12.2. The van der Waals surface area contributed by atoms with Gasteiger partial charge < -0.3 is 4.74 Å². The fourth-order valence-electron chi connectivity index (χ4n) is 1.94. The summed E-state index contributed by atoms with van der Waals surface area (Å²) in [6.45, 7) is 2.00. The lowest BCUT2D eigenvalue weighted by Gasteiger charge is -2.10. The Morgan fingerprint density at radius 2 is 1.91 bits per heavy atom. The Balaban J connectivity index is 2.22. The number of halogens is 1. The molecule has 0 heterocycles. The second-order valence-corrected chi connectivity index (χ2v) is 7.15. The van der Waals surface area contributed by atoms with Gasteiger partial charge in [0.2, 0.25) is 10.0 Å². The normalized spacial score (nSPS) is 11.3. The molecule has 0 radical (unpaired) electrons. The van der Waals surface area contributed by atoms with Crippen LogP contribution in [0.3, 0.4) is 0 Å². The first-order chi connectivity index (χ1) is 10.8. The molecule has 0 unspecified atom stereocenters. The van der Waals surface area contributed by atoms with Gasteiger partial charge in [0, 0.05) is 0 Å². The van der Waals surface area contributed by atoms with Crippen LogP contribution in [0.2, 0.25) is 5.02 Å². The first kappa shape index (κ1) is 17.5. The standard InChI is InChI=1S/C16H16ClNO4S/c1-11-5-3-4-6-12(11)10-22-16(19)14-9-13(7-8-15(14)17)23(20,21)18-2/h3-9,18H,10H2,1-2H3. The Labute approximate surface area is 140 Å². The summed E-state index contributed by atoms with van der Waals surface area (Å²) in [5.41, 5.74) is 1.88. The van der Waals surface area contributed by atoms with Crippen molar-refractivity contribution in [3.63, 3.8) is 0 Å². The van der Waals surface area contributed by atoms with Gasteiger partial charge >= 0.3 is 5.97 Å². The monoisotopic (exact) mass is 353 g/mol. The van der Waals surface area contributed by atoms with Gasteiger partial charge in [0.25, 0.3) is 0 Å². The van der Waals surface area contributed by atoms with Crippen LogP contribution in [-0.4, -0.2) is 21.4 Å². The maximum absolute atomic E-state index is 12.2. The molecule has 0 fully saturated rings.